The van der Waals surface area contributed by atoms with Crippen LogP contribution in [0.5, 0.6) is 0 Å². The largest absolute Gasteiger partial charge is 0.464 e. The molecular weight excluding hydrogens is 160 g/mol. The molecule has 1 nitrogen and oxygen atoms in total. The van der Waals surface area contributed by atoms with Crippen LogP contribution in [-0.2, 0) is 0 Å². The molecule has 0 aliphatic heterocycles. The van der Waals surface area contributed by atoms with E-state index in [4.69, 9.17) is 4.42 Å². The van der Waals surface area contributed by atoms with Crippen molar-refractivity contribution in [2.24, 2.45) is 0 Å². The third-order valence-corrected chi connectivity index (χ3v) is 1.94. The summed E-state index contributed by atoms with van der Waals surface area (Å²) in [6.45, 7) is 3.97. The van der Waals surface area contributed by atoms with Gasteiger partial charge in [0.15, 0.2) is 0 Å². The van der Waals surface area contributed by atoms with Gasteiger partial charge in [0.1, 0.15) is 5.76 Å². The van der Waals surface area contributed by atoms with Gasteiger partial charge in [0.05, 0.1) is 6.26 Å². The minimum Gasteiger partial charge on any atom is -0.464 e. The molecule has 0 radical (unpaired) electrons. The topological polar surface area (TPSA) is 13.1 Å². The van der Waals surface area contributed by atoms with Gasteiger partial charge in [-0.05, 0) is 17.7 Å². The Labute approximate surface area is 77.3 Å². The molecule has 0 saturated carbocycles. The second-order valence-corrected chi connectivity index (χ2v) is 2.82. The van der Waals surface area contributed by atoms with E-state index in [1.165, 1.54) is 0 Å². The molecule has 0 N–H and O–H groups in total. The van der Waals surface area contributed by atoms with Crippen LogP contribution in [0.2, 0.25) is 0 Å². The van der Waals surface area contributed by atoms with E-state index in [2.05, 4.69) is 6.58 Å². The lowest BCUT2D eigenvalue weighted by atomic mass is 10.1. The number of benzene rings is 1. The van der Waals surface area contributed by atoms with Crippen LogP contribution in [0.4, 0.5) is 0 Å². The summed E-state index contributed by atoms with van der Waals surface area (Å²) in [4.78, 5) is 0. The molecule has 0 atom stereocenters. The molecule has 0 amide bonds. The third kappa shape index (κ3) is 1.54. The van der Waals surface area contributed by atoms with Crippen LogP contribution in [0, 0.1) is 0 Å². The highest BCUT2D eigenvalue weighted by atomic mass is 16.3. The molecule has 0 fully saturated rings. The summed E-state index contributed by atoms with van der Waals surface area (Å²) in [5.74, 6) is 0.825. The second-order valence-electron chi connectivity index (χ2n) is 2.82. The standard InChI is InChI=1S/C12H10O/c1-10(12-8-5-9-13-12)11-6-3-2-4-7-11/h2-9H,1H2. The molecule has 0 unspecified atom stereocenters. The molecule has 0 aliphatic rings. The van der Waals surface area contributed by atoms with E-state index in [1.54, 1.807) is 6.26 Å². The van der Waals surface area contributed by atoms with E-state index < -0.39 is 0 Å². The second kappa shape index (κ2) is 3.31. The van der Waals surface area contributed by atoms with Gasteiger partial charge in [-0.15, -0.1) is 0 Å². The Morgan fingerprint density at radius 1 is 1.00 bits per heavy atom. The molecule has 2 rings (SSSR count). The van der Waals surface area contributed by atoms with Crippen LogP contribution in [0.3, 0.4) is 0 Å². The maximum Gasteiger partial charge on any atom is 0.133 e. The number of hydrogen-bond donors (Lipinski definition) is 0. The van der Waals surface area contributed by atoms with Crippen molar-refractivity contribution in [2.45, 2.75) is 0 Å². The van der Waals surface area contributed by atoms with E-state index in [0.717, 1.165) is 16.9 Å². The predicted octanol–water partition coefficient (Wildman–Crippen LogP) is 3.34. The van der Waals surface area contributed by atoms with Crippen molar-refractivity contribution < 1.29 is 4.42 Å². The van der Waals surface area contributed by atoms with E-state index in [9.17, 15) is 0 Å². The van der Waals surface area contributed by atoms with Gasteiger partial charge in [0.25, 0.3) is 0 Å². The Hall–Kier alpha value is -1.76. The zero-order valence-corrected chi connectivity index (χ0v) is 7.23. The molecular formula is C12H10O. The molecule has 0 aliphatic carbocycles. The summed E-state index contributed by atoms with van der Waals surface area (Å²) < 4.78 is 5.25. The Morgan fingerprint density at radius 3 is 2.38 bits per heavy atom. The lowest BCUT2D eigenvalue weighted by Gasteiger charge is -2.00. The summed E-state index contributed by atoms with van der Waals surface area (Å²) in [6.07, 6.45) is 1.66. The predicted molar refractivity (Wildman–Crippen MR) is 53.3 cm³/mol. The smallest absolute Gasteiger partial charge is 0.133 e. The van der Waals surface area contributed by atoms with Gasteiger partial charge in [-0.25, -0.2) is 0 Å². The number of rotatable bonds is 2. The van der Waals surface area contributed by atoms with Crippen molar-refractivity contribution in [3.63, 3.8) is 0 Å². The van der Waals surface area contributed by atoms with Crippen LogP contribution < -0.4 is 0 Å². The zero-order chi connectivity index (χ0) is 9.10. The molecule has 13 heavy (non-hydrogen) atoms. The normalized spacial score (nSPS) is 9.85. The summed E-state index contributed by atoms with van der Waals surface area (Å²) in [7, 11) is 0. The molecule has 1 heterocycles. The summed E-state index contributed by atoms with van der Waals surface area (Å²) in [5.41, 5.74) is 2.02. The van der Waals surface area contributed by atoms with Crippen molar-refractivity contribution in [1.29, 1.82) is 0 Å². The first-order chi connectivity index (χ1) is 6.38. The van der Waals surface area contributed by atoms with E-state index >= 15 is 0 Å². The molecule has 1 aromatic heterocycles. The van der Waals surface area contributed by atoms with E-state index in [-0.39, 0.29) is 0 Å². The van der Waals surface area contributed by atoms with Gasteiger partial charge in [-0.3, -0.25) is 0 Å². The fraction of sp³-hybridized carbons (Fsp3) is 0. The first-order valence-corrected chi connectivity index (χ1v) is 4.16. The molecule has 0 spiro atoms. The lowest BCUT2D eigenvalue weighted by molar-refractivity contribution is 0.554. The van der Waals surface area contributed by atoms with Gasteiger partial charge in [0.2, 0.25) is 0 Å². The molecule has 0 bridgehead atoms. The molecule has 64 valence electrons. The summed E-state index contributed by atoms with van der Waals surface area (Å²) in [6, 6.07) is 13.8. The summed E-state index contributed by atoms with van der Waals surface area (Å²) >= 11 is 0. The quantitative estimate of drug-likeness (QED) is 0.673. The minimum atomic E-state index is 0.825. The maximum atomic E-state index is 5.25. The highest BCUT2D eigenvalue weighted by Gasteiger charge is 2.02. The van der Waals surface area contributed by atoms with Crippen molar-refractivity contribution in [3.8, 4) is 0 Å². The first-order valence-electron chi connectivity index (χ1n) is 4.16. The van der Waals surface area contributed by atoms with Crippen LogP contribution >= 0.6 is 0 Å². The van der Waals surface area contributed by atoms with Crippen molar-refractivity contribution >= 4 is 5.57 Å². The fourth-order valence-electron chi connectivity index (χ4n) is 1.23. The highest BCUT2D eigenvalue weighted by Crippen LogP contribution is 2.20. The average Bonchev–Trinajstić information content (AvgIpc) is 2.71. The van der Waals surface area contributed by atoms with Crippen LogP contribution in [0.15, 0.2) is 59.7 Å². The molecule has 1 heteroatoms. The van der Waals surface area contributed by atoms with Gasteiger partial charge in [0, 0.05) is 5.57 Å². The minimum absolute atomic E-state index is 0.825. The molecule has 1 aromatic carbocycles. The Bertz CT molecular complexity index is 384. The lowest BCUT2D eigenvalue weighted by Crippen LogP contribution is -1.81. The zero-order valence-electron chi connectivity index (χ0n) is 7.23. The monoisotopic (exact) mass is 170 g/mol. The van der Waals surface area contributed by atoms with Crippen LogP contribution in [0.1, 0.15) is 11.3 Å². The van der Waals surface area contributed by atoms with E-state index in [1.807, 2.05) is 42.5 Å². The Morgan fingerprint density at radius 2 is 1.77 bits per heavy atom. The van der Waals surface area contributed by atoms with Gasteiger partial charge in [-0.1, -0.05) is 36.9 Å². The average molecular weight is 170 g/mol. The molecule has 2 aromatic rings. The fourth-order valence-corrected chi connectivity index (χ4v) is 1.23. The maximum absolute atomic E-state index is 5.25. The molecule has 0 saturated heterocycles. The number of hydrogen-bond acceptors (Lipinski definition) is 1. The van der Waals surface area contributed by atoms with Gasteiger partial charge < -0.3 is 4.42 Å². The van der Waals surface area contributed by atoms with Crippen molar-refractivity contribution in [1.82, 2.24) is 0 Å². The Kier molecular flexibility index (Phi) is 2.01. The van der Waals surface area contributed by atoms with Gasteiger partial charge >= 0.3 is 0 Å². The van der Waals surface area contributed by atoms with Crippen molar-refractivity contribution in [2.75, 3.05) is 0 Å². The summed E-state index contributed by atoms with van der Waals surface area (Å²) in [5, 5.41) is 0. The SMILES string of the molecule is C=C(c1ccccc1)c1ccco1. The van der Waals surface area contributed by atoms with E-state index in [0.29, 0.717) is 0 Å². The van der Waals surface area contributed by atoms with Crippen molar-refractivity contribution in [3.05, 3.63) is 66.6 Å². The van der Waals surface area contributed by atoms with Crippen LogP contribution in [0.25, 0.3) is 5.57 Å². The highest BCUT2D eigenvalue weighted by molar-refractivity contribution is 5.74. The third-order valence-electron chi connectivity index (χ3n) is 1.94. The van der Waals surface area contributed by atoms with Crippen LogP contribution in [-0.4, -0.2) is 0 Å². The van der Waals surface area contributed by atoms with Gasteiger partial charge in [-0.2, -0.15) is 0 Å². The Balaban J connectivity index is 2.34. The first kappa shape index (κ1) is 7.87. The number of furan rings is 1.